The largest absolute Gasteiger partial charge is 0.451 e. The Labute approximate surface area is 222 Å². The normalized spacial score (nSPS) is 20.0. The lowest BCUT2D eigenvalue weighted by atomic mass is 10.1. The molecule has 1 N–H and O–H groups in total. The van der Waals surface area contributed by atoms with Crippen LogP contribution in [-0.4, -0.2) is 84.3 Å². The summed E-state index contributed by atoms with van der Waals surface area (Å²) in [6.45, 7) is 3.15. The first-order chi connectivity index (χ1) is 18.4. The van der Waals surface area contributed by atoms with Gasteiger partial charge in [-0.1, -0.05) is 5.16 Å². The molecule has 3 atom stereocenters. The van der Waals surface area contributed by atoms with E-state index in [-0.39, 0.29) is 17.9 Å². The van der Waals surface area contributed by atoms with Crippen LogP contribution in [0.3, 0.4) is 0 Å². The molecule has 39 heavy (non-hydrogen) atoms. The number of thiazole rings is 1. The molecule has 2 aliphatic heterocycles. The summed E-state index contributed by atoms with van der Waals surface area (Å²) >= 11 is 1.08. The molecule has 1 fully saturated rings. The summed E-state index contributed by atoms with van der Waals surface area (Å²) in [5.74, 6) is -1.65. The second kappa shape index (κ2) is 9.72. The number of carbonyl (C=O) groups excluding carboxylic acids is 3. The van der Waals surface area contributed by atoms with Crippen molar-refractivity contribution in [1.29, 1.82) is 0 Å². The molecule has 204 valence electrons. The summed E-state index contributed by atoms with van der Waals surface area (Å²) < 4.78 is 43.2. The third kappa shape index (κ3) is 4.91. The molecule has 0 saturated carbocycles. The summed E-state index contributed by atoms with van der Waals surface area (Å²) in [6.07, 6.45) is -2.12. The number of anilines is 1. The number of hydrogen-bond acceptors (Lipinski definition) is 11. The zero-order chi connectivity index (χ0) is 28.1. The topological polar surface area (TPSA) is 150 Å². The number of carbonyl (C=O) groups is 3. The van der Waals surface area contributed by atoms with E-state index in [1.54, 1.807) is 19.9 Å². The van der Waals surface area contributed by atoms with Crippen molar-refractivity contribution in [2.45, 2.75) is 44.8 Å². The maximum Gasteiger partial charge on any atom is 0.451 e. The third-order valence-electron chi connectivity index (χ3n) is 6.14. The lowest BCUT2D eigenvalue weighted by Crippen LogP contribution is -2.66. The average molecular weight is 564 g/mol. The summed E-state index contributed by atoms with van der Waals surface area (Å²) in [4.78, 5) is 58.3. The van der Waals surface area contributed by atoms with E-state index in [4.69, 9.17) is 4.52 Å². The highest BCUT2D eigenvalue weighted by atomic mass is 32.1. The van der Waals surface area contributed by atoms with Crippen molar-refractivity contribution in [1.82, 2.24) is 34.8 Å². The van der Waals surface area contributed by atoms with Crippen molar-refractivity contribution < 1.29 is 32.1 Å². The molecule has 1 saturated heterocycles. The van der Waals surface area contributed by atoms with Gasteiger partial charge < -0.3 is 19.6 Å². The molecular formula is C22H20F3N9O4S. The van der Waals surface area contributed by atoms with E-state index in [1.165, 1.54) is 28.6 Å². The van der Waals surface area contributed by atoms with E-state index in [9.17, 15) is 27.6 Å². The number of halogens is 3. The second-order valence-corrected chi connectivity index (χ2v) is 9.67. The van der Waals surface area contributed by atoms with Gasteiger partial charge in [-0.05, 0) is 13.8 Å². The smallest absolute Gasteiger partial charge is 0.361 e. The lowest BCUT2D eigenvalue weighted by molar-refractivity contribution is -0.145. The van der Waals surface area contributed by atoms with Gasteiger partial charge in [-0.25, -0.2) is 24.7 Å². The van der Waals surface area contributed by atoms with Gasteiger partial charge in [0.2, 0.25) is 11.7 Å². The number of likely N-dealkylation sites (N-methyl/N-ethyl adjacent to an activating group) is 1. The van der Waals surface area contributed by atoms with Crippen LogP contribution in [-0.2, 0) is 22.3 Å². The lowest BCUT2D eigenvalue weighted by Gasteiger charge is -2.42. The molecule has 5 rings (SSSR count). The molecule has 17 heteroatoms. The molecule has 0 spiro atoms. The Hall–Kier alpha value is -4.41. The molecular weight excluding hydrogens is 543 g/mol. The number of fused-ring (bicyclic) bond motifs is 1. The van der Waals surface area contributed by atoms with Gasteiger partial charge in [0, 0.05) is 36.5 Å². The Morgan fingerprint density at radius 3 is 2.62 bits per heavy atom. The van der Waals surface area contributed by atoms with Gasteiger partial charge in [0.05, 0.1) is 12.9 Å². The molecule has 0 aromatic carbocycles. The van der Waals surface area contributed by atoms with Crippen molar-refractivity contribution in [3.05, 3.63) is 41.1 Å². The van der Waals surface area contributed by atoms with Crippen LogP contribution < -0.4 is 5.32 Å². The maximum atomic E-state index is 13.4. The number of urea groups is 1. The van der Waals surface area contributed by atoms with Gasteiger partial charge in [0.25, 0.3) is 5.91 Å². The molecule has 0 aliphatic carbocycles. The fraction of sp³-hybridized carbons (Fsp3) is 0.364. The highest BCUT2D eigenvalue weighted by molar-refractivity contribution is 7.13. The van der Waals surface area contributed by atoms with Crippen LogP contribution in [0.2, 0.25) is 0 Å². The van der Waals surface area contributed by atoms with Crippen LogP contribution in [0.25, 0.3) is 10.6 Å². The number of aliphatic imine (C=N–C) groups is 1. The number of aromatic nitrogens is 4. The number of imide groups is 1. The second-order valence-electron chi connectivity index (χ2n) is 8.81. The summed E-state index contributed by atoms with van der Waals surface area (Å²) in [7, 11) is 1.51. The number of nitrogens with one attached hydrogen (secondary N) is 1. The first kappa shape index (κ1) is 26.2. The van der Waals surface area contributed by atoms with Gasteiger partial charge >= 0.3 is 12.2 Å². The maximum absolute atomic E-state index is 13.4. The SMILES string of the molecule is Cc1cc(CN2C(=O)C3C(N=CN3[C@@H](C)C(=O)Nc3csc(-c4cnc(C(F)(F)F)nc4)n3)N(C)C2=O)no1. The quantitative estimate of drug-likeness (QED) is 0.477. The van der Waals surface area contributed by atoms with Gasteiger partial charge in [0.15, 0.2) is 12.2 Å². The molecule has 0 radical (unpaired) electrons. The molecule has 5 heterocycles. The van der Waals surface area contributed by atoms with Crippen LogP contribution in [0.15, 0.2) is 33.4 Å². The zero-order valence-corrected chi connectivity index (χ0v) is 21.4. The number of aryl methyl sites for hydroxylation is 1. The minimum atomic E-state index is -4.66. The minimum Gasteiger partial charge on any atom is -0.361 e. The van der Waals surface area contributed by atoms with Crippen LogP contribution in [0.5, 0.6) is 0 Å². The Morgan fingerprint density at radius 2 is 1.97 bits per heavy atom. The molecule has 3 aromatic heterocycles. The number of hydrogen-bond donors (Lipinski definition) is 1. The van der Waals surface area contributed by atoms with E-state index in [0.717, 1.165) is 28.6 Å². The molecule has 2 unspecified atom stereocenters. The monoisotopic (exact) mass is 563 g/mol. The Kier molecular flexibility index (Phi) is 6.53. The van der Waals surface area contributed by atoms with Gasteiger partial charge in [-0.15, -0.1) is 11.3 Å². The average Bonchev–Trinajstić information content (AvgIpc) is 3.64. The van der Waals surface area contributed by atoms with E-state index in [1.807, 2.05) is 0 Å². The van der Waals surface area contributed by atoms with Crippen LogP contribution in [0.4, 0.5) is 23.8 Å². The van der Waals surface area contributed by atoms with E-state index in [0.29, 0.717) is 16.5 Å². The van der Waals surface area contributed by atoms with Gasteiger partial charge in [-0.2, -0.15) is 13.2 Å². The summed E-state index contributed by atoms with van der Waals surface area (Å²) in [5, 5.41) is 8.30. The molecule has 2 aliphatic rings. The number of nitrogens with zero attached hydrogens (tertiary/aromatic N) is 8. The van der Waals surface area contributed by atoms with Gasteiger partial charge in [-0.3, -0.25) is 14.5 Å². The van der Waals surface area contributed by atoms with Crippen molar-refractivity contribution in [3.8, 4) is 10.6 Å². The molecule has 3 aromatic rings. The number of rotatable bonds is 6. The summed E-state index contributed by atoms with van der Waals surface area (Å²) in [6, 6.07) is -0.785. The molecule has 0 bridgehead atoms. The minimum absolute atomic E-state index is 0.105. The highest BCUT2D eigenvalue weighted by Crippen LogP contribution is 2.30. The Morgan fingerprint density at radius 1 is 1.26 bits per heavy atom. The van der Waals surface area contributed by atoms with Crippen molar-refractivity contribution in [3.63, 3.8) is 0 Å². The van der Waals surface area contributed by atoms with Gasteiger partial charge in [0.1, 0.15) is 28.3 Å². The first-order valence-electron chi connectivity index (χ1n) is 11.4. The van der Waals surface area contributed by atoms with Crippen LogP contribution in [0.1, 0.15) is 24.2 Å². The Bertz CT molecular complexity index is 1460. The van der Waals surface area contributed by atoms with E-state index in [2.05, 4.69) is 30.4 Å². The number of alkyl halides is 3. The van der Waals surface area contributed by atoms with Crippen molar-refractivity contribution in [2.75, 3.05) is 12.4 Å². The third-order valence-corrected chi connectivity index (χ3v) is 7.03. The fourth-order valence-corrected chi connectivity index (χ4v) is 4.86. The highest BCUT2D eigenvalue weighted by Gasteiger charge is 2.51. The summed E-state index contributed by atoms with van der Waals surface area (Å²) in [5.41, 5.74) is 0.647. The molecule has 4 amide bonds. The van der Waals surface area contributed by atoms with Crippen molar-refractivity contribution >= 4 is 41.3 Å². The van der Waals surface area contributed by atoms with E-state index >= 15 is 0 Å². The predicted octanol–water partition coefficient (Wildman–Crippen LogP) is 2.38. The molecule has 13 nitrogen and oxygen atoms in total. The Balaban J connectivity index is 1.28. The number of amides is 4. The van der Waals surface area contributed by atoms with E-state index < -0.39 is 48.1 Å². The fourth-order valence-electron chi connectivity index (χ4n) is 4.13. The predicted molar refractivity (Wildman–Crippen MR) is 129 cm³/mol. The zero-order valence-electron chi connectivity index (χ0n) is 20.6. The van der Waals surface area contributed by atoms with Crippen LogP contribution >= 0.6 is 11.3 Å². The standard InChI is InChI=1S/C22H20F3N9O4S/c1-10-4-13(31-38-10)7-33-19(36)15-16(32(3)21(33)37)28-9-34(15)11(2)17(35)29-14-8-39-18(30-14)12-5-26-20(27-6-12)22(23,24)25/h4-6,8-9,11,15-16H,7H2,1-3H3,(H,29,35)/t11-,15?,16?/m0/s1. The van der Waals surface area contributed by atoms with Crippen molar-refractivity contribution in [2.24, 2.45) is 4.99 Å². The van der Waals surface area contributed by atoms with Crippen LogP contribution in [0, 0.1) is 6.92 Å². The first-order valence-corrected chi connectivity index (χ1v) is 12.3.